The Morgan fingerprint density at radius 1 is 1.55 bits per heavy atom. The van der Waals surface area contributed by atoms with Crippen molar-refractivity contribution in [3.8, 4) is 0 Å². The van der Waals surface area contributed by atoms with Crippen molar-refractivity contribution in [1.29, 1.82) is 0 Å². The fourth-order valence-electron chi connectivity index (χ4n) is 1.18. The predicted molar refractivity (Wildman–Crippen MR) is 45.8 cm³/mol. The molecule has 0 unspecified atom stereocenters. The van der Waals surface area contributed by atoms with Gasteiger partial charge in [0.15, 0.2) is 0 Å². The summed E-state index contributed by atoms with van der Waals surface area (Å²) in [6, 6.07) is 0. The van der Waals surface area contributed by atoms with E-state index in [0.29, 0.717) is 12.2 Å². The SMILES string of the molecule is [B]C[C@H](CC(=O)O)CC(C)C. The molecule has 0 aromatic carbocycles. The Balaban J connectivity index is 3.66. The highest BCUT2D eigenvalue weighted by Crippen LogP contribution is 2.17. The summed E-state index contributed by atoms with van der Waals surface area (Å²) in [7, 11) is 5.41. The van der Waals surface area contributed by atoms with Crippen LogP contribution >= 0.6 is 0 Å². The Morgan fingerprint density at radius 2 is 2.09 bits per heavy atom. The normalized spacial score (nSPS) is 13.4. The van der Waals surface area contributed by atoms with Gasteiger partial charge in [-0.2, -0.15) is 0 Å². The summed E-state index contributed by atoms with van der Waals surface area (Å²) in [5.74, 6) is -0.0727. The van der Waals surface area contributed by atoms with Crippen LogP contribution in [0.2, 0.25) is 6.32 Å². The van der Waals surface area contributed by atoms with E-state index >= 15 is 0 Å². The lowest BCUT2D eigenvalue weighted by Gasteiger charge is -2.14. The zero-order valence-corrected chi connectivity index (χ0v) is 7.21. The van der Waals surface area contributed by atoms with E-state index in [1.165, 1.54) is 0 Å². The second kappa shape index (κ2) is 5.22. The van der Waals surface area contributed by atoms with Crippen molar-refractivity contribution < 1.29 is 9.90 Å². The van der Waals surface area contributed by atoms with Gasteiger partial charge >= 0.3 is 5.97 Å². The molecule has 0 bridgehead atoms. The predicted octanol–water partition coefficient (Wildman–Crippen LogP) is 1.71. The molecule has 0 saturated heterocycles. The van der Waals surface area contributed by atoms with Gasteiger partial charge in [0, 0.05) is 6.42 Å². The van der Waals surface area contributed by atoms with Crippen LogP contribution in [0.5, 0.6) is 0 Å². The molecule has 2 nitrogen and oxygen atoms in total. The van der Waals surface area contributed by atoms with Crippen molar-refractivity contribution in [2.45, 2.75) is 33.0 Å². The molecule has 0 saturated carbocycles. The Morgan fingerprint density at radius 3 is 2.36 bits per heavy atom. The van der Waals surface area contributed by atoms with Crippen LogP contribution in [0.1, 0.15) is 26.7 Å². The molecule has 0 aliphatic carbocycles. The van der Waals surface area contributed by atoms with Gasteiger partial charge in [-0.3, -0.25) is 4.79 Å². The number of hydrogen-bond donors (Lipinski definition) is 1. The third kappa shape index (κ3) is 5.95. The van der Waals surface area contributed by atoms with Crippen molar-refractivity contribution in [3.05, 3.63) is 0 Å². The minimum Gasteiger partial charge on any atom is -0.481 e. The van der Waals surface area contributed by atoms with E-state index in [0.717, 1.165) is 6.42 Å². The minimum absolute atomic E-state index is 0.146. The molecule has 1 N–H and O–H groups in total. The highest BCUT2D eigenvalue weighted by atomic mass is 16.4. The van der Waals surface area contributed by atoms with E-state index in [2.05, 4.69) is 13.8 Å². The molecule has 0 fully saturated rings. The third-order valence-electron chi connectivity index (χ3n) is 1.60. The van der Waals surface area contributed by atoms with Crippen LogP contribution in [0, 0.1) is 11.8 Å². The summed E-state index contributed by atoms with van der Waals surface area (Å²) < 4.78 is 0. The average Bonchev–Trinajstić information content (AvgIpc) is 1.84. The highest BCUT2D eigenvalue weighted by Gasteiger charge is 2.11. The molecule has 1 atom stereocenters. The number of carboxylic acid groups (broad SMARTS) is 1. The molecule has 0 aromatic rings. The van der Waals surface area contributed by atoms with Crippen LogP contribution in [-0.4, -0.2) is 18.9 Å². The number of hydrogen-bond acceptors (Lipinski definition) is 1. The van der Waals surface area contributed by atoms with Crippen LogP contribution in [0.15, 0.2) is 0 Å². The fourth-order valence-corrected chi connectivity index (χ4v) is 1.18. The standard InChI is InChI=1S/C8H15BO2/c1-6(2)3-7(5-9)4-8(10)11/h6-7H,3-5H2,1-2H3,(H,10,11)/t7-/m0/s1. The zero-order valence-electron chi connectivity index (χ0n) is 7.21. The van der Waals surface area contributed by atoms with Crippen LogP contribution in [-0.2, 0) is 4.79 Å². The van der Waals surface area contributed by atoms with Crippen LogP contribution in [0.4, 0.5) is 0 Å². The van der Waals surface area contributed by atoms with Crippen LogP contribution in [0.25, 0.3) is 0 Å². The maximum atomic E-state index is 10.3. The van der Waals surface area contributed by atoms with Crippen LogP contribution in [0.3, 0.4) is 0 Å². The summed E-state index contributed by atoms with van der Waals surface area (Å²) in [4.78, 5) is 10.3. The molecule has 0 spiro atoms. The Bertz CT molecular complexity index is 123. The van der Waals surface area contributed by atoms with Crippen molar-refractivity contribution in [2.24, 2.45) is 11.8 Å². The first-order valence-corrected chi connectivity index (χ1v) is 3.98. The van der Waals surface area contributed by atoms with E-state index in [1.807, 2.05) is 0 Å². The summed E-state index contributed by atoms with van der Waals surface area (Å²) in [5.41, 5.74) is 0. The second-order valence-electron chi connectivity index (χ2n) is 3.33. The van der Waals surface area contributed by atoms with Gasteiger partial charge in [0.05, 0.1) is 7.85 Å². The maximum Gasteiger partial charge on any atom is 0.303 e. The molecule has 11 heavy (non-hydrogen) atoms. The molecule has 0 aliphatic rings. The van der Waals surface area contributed by atoms with E-state index < -0.39 is 5.97 Å². The van der Waals surface area contributed by atoms with E-state index in [-0.39, 0.29) is 12.3 Å². The van der Waals surface area contributed by atoms with Gasteiger partial charge in [-0.05, 0) is 18.3 Å². The first-order valence-electron chi connectivity index (χ1n) is 3.98. The lowest BCUT2D eigenvalue weighted by atomic mass is 9.83. The fraction of sp³-hybridized carbons (Fsp3) is 0.875. The quantitative estimate of drug-likeness (QED) is 0.612. The number of carbonyl (C=O) groups is 1. The number of rotatable bonds is 5. The molecular weight excluding hydrogens is 139 g/mol. The maximum absolute atomic E-state index is 10.3. The molecule has 0 rings (SSSR count). The molecule has 0 aliphatic heterocycles. The Kier molecular flexibility index (Phi) is 5.00. The molecule has 3 heteroatoms. The highest BCUT2D eigenvalue weighted by molar-refractivity contribution is 6.08. The van der Waals surface area contributed by atoms with Gasteiger partial charge in [-0.25, -0.2) is 0 Å². The van der Waals surface area contributed by atoms with Crippen molar-refractivity contribution in [2.75, 3.05) is 0 Å². The second-order valence-corrected chi connectivity index (χ2v) is 3.33. The van der Waals surface area contributed by atoms with Gasteiger partial charge in [0.25, 0.3) is 0 Å². The lowest BCUT2D eigenvalue weighted by Crippen LogP contribution is -2.09. The summed E-state index contributed by atoms with van der Waals surface area (Å²) >= 11 is 0. The first kappa shape index (κ1) is 10.5. The van der Waals surface area contributed by atoms with E-state index in [4.69, 9.17) is 13.0 Å². The van der Waals surface area contributed by atoms with Gasteiger partial charge in [0.1, 0.15) is 0 Å². The number of carboxylic acids is 1. The molecular formula is C8H15BO2. The smallest absolute Gasteiger partial charge is 0.303 e. The van der Waals surface area contributed by atoms with Gasteiger partial charge in [-0.15, -0.1) is 0 Å². The van der Waals surface area contributed by atoms with E-state index in [9.17, 15) is 4.79 Å². The Hall–Kier alpha value is -0.465. The van der Waals surface area contributed by atoms with Crippen molar-refractivity contribution in [1.82, 2.24) is 0 Å². The first-order chi connectivity index (χ1) is 5.06. The van der Waals surface area contributed by atoms with Crippen molar-refractivity contribution in [3.63, 3.8) is 0 Å². The zero-order chi connectivity index (χ0) is 8.85. The number of aliphatic carboxylic acids is 1. The third-order valence-corrected chi connectivity index (χ3v) is 1.60. The summed E-state index contributed by atoms with van der Waals surface area (Å²) in [5, 5.41) is 8.47. The molecule has 2 radical (unpaired) electrons. The van der Waals surface area contributed by atoms with Gasteiger partial charge in [0.2, 0.25) is 0 Å². The van der Waals surface area contributed by atoms with Gasteiger partial charge in [-0.1, -0.05) is 20.2 Å². The monoisotopic (exact) mass is 154 g/mol. The largest absolute Gasteiger partial charge is 0.481 e. The van der Waals surface area contributed by atoms with E-state index in [1.54, 1.807) is 0 Å². The summed E-state index contributed by atoms with van der Waals surface area (Å²) in [6.07, 6.45) is 1.59. The summed E-state index contributed by atoms with van der Waals surface area (Å²) in [6.45, 7) is 4.15. The molecule has 0 aromatic heterocycles. The molecule has 0 heterocycles. The molecule has 0 amide bonds. The van der Waals surface area contributed by atoms with Crippen LogP contribution < -0.4 is 0 Å². The molecule has 62 valence electrons. The average molecular weight is 154 g/mol. The van der Waals surface area contributed by atoms with Gasteiger partial charge < -0.3 is 5.11 Å². The minimum atomic E-state index is -0.749. The van der Waals surface area contributed by atoms with Crippen molar-refractivity contribution >= 4 is 13.8 Å². The Labute approximate surface area is 69.4 Å². The lowest BCUT2D eigenvalue weighted by molar-refractivity contribution is -0.138. The topological polar surface area (TPSA) is 37.3 Å².